The Labute approximate surface area is 225 Å². The number of hydrogen-bond acceptors (Lipinski definition) is 9. The maximum Gasteiger partial charge on any atom is 0.248 e. The molecule has 1 saturated heterocycles. The number of anilines is 3. The largest absolute Gasteiger partial charge is 0.490 e. The van der Waals surface area contributed by atoms with E-state index in [-0.39, 0.29) is 0 Å². The summed E-state index contributed by atoms with van der Waals surface area (Å²) in [6.45, 7) is 8.20. The maximum atomic E-state index is 6.30. The van der Waals surface area contributed by atoms with Gasteiger partial charge in [0.15, 0.2) is 17.3 Å². The topological polar surface area (TPSA) is 81.2 Å². The van der Waals surface area contributed by atoms with Crippen LogP contribution in [0.25, 0.3) is 0 Å². The van der Waals surface area contributed by atoms with Crippen LogP contribution in [0.4, 0.5) is 17.2 Å². The highest BCUT2D eigenvalue weighted by molar-refractivity contribution is 9.10. The van der Waals surface area contributed by atoms with Gasteiger partial charge in [-0.3, -0.25) is 4.90 Å². The van der Waals surface area contributed by atoms with Crippen LogP contribution in [0.15, 0.2) is 47.2 Å². The van der Waals surface area contributed by atoms with E-state index in [1.54, 1.807) is 0 Å². The number of nitrogens with zero attached hydrogens (tertiary/aromatic N) is 4. The highest BCUT2D eigenvalue weighted by atomic mass is 79.9. The molecular weight excluding hydrogens is 538 g/mol. The first-order chi connectivity index (χ1) is 18.1. The van der Waals surface area contributed by atoms with Crippen LogP contribution in [0.3, 0.4) is 0 Å². The number of fused-ring (bicyclic) bond motifs is 2. The van der Waals surface area contributed by atoms with Crippen molar-refractivity contribution in [2.45, 2.75) is 19.9 Å². The lowest BCUT2D eigenvalue weighted by Gasteiger charge is -2.26. The number of nitrogens with one attached hydrogen (secondary N) is 1. The van der Waals surface area contributed by atoms with Crippen LogP contribution < -0.4 is 24.4 Å². The summed E-state index contributed by atoms with van der Waals surface area (Å²) in [5.74, 6) is 3.26. The van der Waals surface area contributed by atoms with E-state index in [0.29, 0.717) is 37.1 Å². The number of benzene rings is 2. The Morgan fingerprint density at radius 3 is 2.76 bits per heavy atom. The zero-order valence-electron chi connectivity index (χ0n) is 21.2. The Kier molecular flexibility index (Phi) is 8.28. The Morgan fingerprint density at radius 2 is 1.95 bits per heavy atom. The normalized spacial score (nSPS) is 15.0. The van der Waals surface area contributed by atoms with Crippen LogP contribution in [0, 0.1) is 0 Å². The lowest BCUT2D eigenvalue weighted by Crippen LogP contribution is -2.37. The van der Waals surface area contributed by atoms with Crippen molar-refractivity contribution in [1.82, 2.24) is 14.9 Å². The fourth-order valence-electron chi connectivity index (χ4n) is 4.43. The van der Waals surface area contributed by atoms with Crippen molar-refractivity contribution in [2.75, 3.05) is 63.3 Å². The van der Waals surface area contributed by atoms with Crippen LogP contribution in [0.5, 0.6) is 23.1 Å². The molecule has 3 heterocycles. The number of ether oxygens (including phenoxy) is 4. The summed E-state index contributed by atoms with van der Waals surface area (Å²) in [5.41, 5.74) is 2.68. The van der Waals surface area contributed by atoms with Gasteiger partial charge in [-0.15, -0.1) is 0 Å². The van der Waals surface area contributed by atoms with E-state index in [0.717, 1.165) is 72.2 Å². The lowest BCUT2D eigenvalue weighted by atomic mass is 10.1. The smallest absolute Gasteiger partial charge is 0.248 e. The first kappa shape index (κ1) is 25.6. The Balaban J connectivity index is 1.33. The van der Waals surface area contributed by atoms with Crippen molar-refractivity contribution in [3.63, 3.8) is 0 Å². The van der Waals surface area contributed by atoms with E-state index in [1.807, 2.05) is 55.3 Å². The van der Waals surface area contributed by atoms with Crippen LogP contribution >= 0.6 is 15.9 Å². The molecule has 2 aromatic carbocycles. The average Bonchev–Trinajstić information content (AvgIpc) is 3.10. The van der Waals surface area contributed by atoms with E-state index in [2.05, 4.69) is 36.1 Å². The van der Waals surface area contributed by atoms with Gasteiger partial charge < -0.3 is 29.2 Å². The Bertz CT molecular complexity index is 1220. The standard InChI is InChI=1S/C27H32BrN5O4/c1-3-35-24-16-22-19(14-23(24)36-11-5-8-33-9-12-34-13-10-33)17-29-25-26(30-18-31-27(25)37-22)32(2)21-7-4-6-20(28)15-21/h4,6-7,14-16,18,29H,3,5,8-13,17H2,1-2H3. The fourth-order valence-corrected chi connectivity index (χ4v) is 4.82. The summed E-state index contributed by atoms with van der Waals surface area (Å²) in [5, 5.41) is 3.49. The van der Waals surface area contributed by atoms with Crippen molar-refractivity contribution in [2.24, 2.45) is 0 Å². The summed E-state index contributed by atoms with van der Waals surface area (Å²) >= 11 is 3.55. The molecule has 0 amide bonds. The molecule has 1 N–H and O–H groups in total. The molecule has 196 valence electrons. The molecule has 10 heteroatoms. The molecule has 37 heavy (non-hydrogen) atoms. The van der Waals surface area contributed by atoms with E-state index in [9.17, 15) is 0 Å². The highest BCUT2D eigenvalue weighted by Crippen LogP contribution is 2.43. The molecule has 2 aliphatic rings. The molecule has 0 saturated carbocycles. The van der Waals surface area contributed by atoms with Gasteiger partial charge in [0.05, 0.1) is 26.4 Å². The monoisotopic (exact) mass is 569 g/mol. The summed E-state index contributed by atoms with van der Waals surface area (Å²) in [6, 6.07) is 12.0. The van der Waals surface area contributed by atoms with E-state index in [4.69, 9.17) is 18.9 Å². The lowest BCUT2D eigenvalue weighted by molar-refractivity contribution is 0.0357. The zero-order valence-corrected chi connectivity index (χ0v) is 22.8. The summed E-state index contributed by atoms with van der Waals surface area (Å²) in [7, 11) is 1.97. The van der Waals surface area contributed by atoms with E-state index < -0.39 is 0 Å². The molecule has 2 aliphatic heterocycles. The first-order valence-corrected chi connectivity index (χ1v) is 13.4. The quantitative estimate of drug-likeness (QED) is 0.348. The van der Waals surface area contributed by atoms with Crippen molar-refractivity contribution in [1.29, 1.82) is 0 Å². The van der Waals surface area contributed by atoms with Gasteiger partial charge in [-0.2, -0.15) is 4.98 Å². The molecule has 0 atom stereocenters. The molecule has 0 unspecified atom stereocenters. The minimum absolute atomic E-state index is 0.465. The van der Waals surface area contributed by atoms with E-state index >= 15 is 0 Å². The van der Waals surface area contributed by atoms with Crippen LogP contribution in [-0.2, 0) is 11.3 Å². The number of rotatable bonds is 9. The molecule has 0 bridgehead atoms. The molecule has 1 fully saturated rings. The summed E-state index contributed by atoms with van der Waals surface area (Å²) < 4.78 is 24.8. The summed E-state index contributed by atoms with van der Waals surface area (Å²) in [4.78, 5) is 13.4. The van der Waals surface area contributed by atoms with Gasteiger partial charge in [0.25, 0.3) is 0 Å². The first-order valence-electron chi connectivity index (χ1n) is 12.6. The van der Waals surface area contributed by atoms with Gasteiger partial charge in [-0.25, -0.2) is 4.98 Å². The number of aromatic nitrogens is 2. The van der Waals surface area contributed by atoms with Gasteiger partial charge in [-0.05, 0) is 37.6 Å². The molecule has 0 aliphatic carbocycles. The van der Waals surface area contributed by atoms with E-state index in [1.165, 1.54) is 6.33 Å². The van der Waals surface area contributed by atoms with Gasteiger partial charge in [0.1, 0.15) is 17.8 Å². The number of morpholine rings is 1. The molecule has 1 aromatic heterocycles. The van der Waals surface area contributed by atoms with Crippen LogP contribution in [0.1, 0.15) is 18.9 Å². The second-order valence-electron chi connectivity index (χ2n) is 8.87. The van der Waals surface area contributed by atoms with Crippen molar-refractivity contribution >= 4 is 33.1 Å². The van der Waals surface area contributed by atoms with Gasteiger partial charge in [0, 0.05) is 55.0 Å². The van der Waals surface area contributed by atoms with Crippen molar-refractivity contribution in [3.8, 4) is 23.1 Å². The van der Waals surface area contributed by atoms with Gasteiger partial charge in [-0.1, -0.05) is 22.0 Å². The number of hydrogen-bond donors (Lipinski definition) is 1. The predicted molar refractivity (Wildman–Crippen MR) is 147 cm³/mol. The molecule has 3 aromatic rings. The fraction of sp³-hybridized carbons (Fsp3) is 0.407. The van der Waals surface area contributed by atoms with Crippen molar-refractivity contribution < 1.29 is 18.9 Å². The minimum Gasteiger partial charge on any atom is -0.490 e. The third-order valence-electron chi connectivity index (χ3n) is 6.37. The zero-order chi connectivity index (χ0) is 25.6. The predicted octanol–water partition coefficient (Wildman–Crippen LogP) is 5.22. The molecule has 5 rings (SSSR count). The molecule has 0 radical (unpaired) electrons. The Morgan fingerprint density at radius 1 is 1.11 bits per heavy atom. The maximum absolute atomic E-state index is 6.30. The van der Waals surface area contributed by atoms with Crippen LogP contribution in [0.2, 0.25) is 0 Å². The molecule has 0 spiro atoms. The molecule has 9 nitrogen and oxygen atoms in total. The van der Waals surface area contributed by atoms with Crippen molar-refractivity contribution in [3.05, 3.63) is 52.8 Å². The average molecular weight is 570 g/mol. The van der Waals surface area contributed by atoms with Gasteiger partial charge >= 0.3 is 0 Å². The number of halogens is 1. The SMILES string of the molecule is CCOc1cc2c(cc1OCCCN1CCOCC1)CNc1c(ncnc1N(C)c1cccc(Br)c1)O2. The van der Waals surface area contributed by atoms with Crippen LogP contribution in [-0.4, -0.2) is 68.0 Å². The highest BCUT2D eigenvalue weighted by Gasteiger charge is 2.24. The second kappa shape index (κ2) is 12.0. The third-order valence-corrected chi connectivity index (χ3v) is 6.87. The minimum atomic E-state index is 0.465. The Hall–Kier alpha value is -3.08. The molecular formula is C27H32BrN5O4. The van der Waals surface area contributed by atoms with Gasteiger partial charge in [0.2, 0.25) is 5.88 Å². The third kappa shape index (κ3) is 6.08. The summed E-state index contributed by atoms with van der Waals surface area (Å²) in [6.07, 6.45) is 2.45. The second-order valence-corrected chi connectivity index (χ2v) is 9.78.